The summed E-state index contributed by atoms with van der Waals surface area (Å²) in [4.78, 5) is 24.8. The lowest BCUT2D eigenvalue weighted by Gasteiger charge is -2.28. The Bertz CT molecular complexity index is 300. The van der Waals surface area contributed by atoms with E-state index in [-0.39, 0.29) is 18.0 Å². The number of hydrogen-bond acceptors (Lipinski definition) is 2. The van der Waals surface area contributed by atoms with Gasteiger partial charge in [-0.25, -0.2) is 4.79 Å². The molecule has 0 unspecified atom stereocenters. The summed E-state index contributed by atoms with van der Waals surface area (Å²) < 4.78 is 0. The fraction of sp³-hybridized carbons (Fsp3) is 0.833. The summed E-state index contributed by atoms with van der Waals surface area (Å²) in [6, 6.07) is -0.234. The Kier molecular flexibility index (Phi) is 3.86. The van der Waals surface area contributed by atoms with Gasteiger partial charge in [-0.1, -0.05) is 19.3 Å². The minimum atomic E-state index is -0.404. The number of amides is 3. The Morgan fingerprint density at radius 2 is 1.76 bits per heavy atom. The maximum Gasteiger partial charge on any atom is 0.318 e. The first-order chi connectivity index (χ1) is 8.18. The number of primary amides is 1. The van der Waals surface area contributed by atoms with Crippen molar-refractivity contribution in [2.75, 3.05) is 6.54 Å². The van der Waals surface area contributed by atoms with Gasteiger partial charge in [0.15, 0.2) is 0 Å². The van der Waals surface area contributed by atoms with Gasteiger partial charge in [-0.3, -0.25) is 4.79 Å². The van der Waals surface area contributed by atoms with Crippen LogP contribution in [-0.2, 0) is 4.79 Å². The standard InChI is InChI=1S/C12H21N3O2/c13-11(16)10-7-4-8-15(10)12(17)14-9-5-2-1-3-6-9/h9-10H,1-8H2,(H2,13,16)(H,14,17)/t10-/m0/s1. The minimum absolute atomic E-state index is 0.113. The summed E-state index contributed by atoms with van der Waals surface area (Å²) in [5.41, 5.74) is 5.30. The molecule has 0 aromatic rings. The highest BCUT2D eigenvalue weighted by Gasteiger charge is 2.33. The van der Waals surface area contributed by atoms with Crippen molar-refractivity contribution >= 4 is 11.9 Å². The van der Waals surface area contributed by atoms with E-state index in [1.165, 1.54) is 19.3 Å². The average molecular weight is 239 g/mol. The summed E-state index contributed by atoms with van der Waals surface area (Å²) in [7, 11) is 0. The van der Waals surface area contributed by atoms with Crippen molar-refractivity contribution in [2.45, 2.75) is 57.0 Å². The molecule has 0 spiro atoms. The van der Waals surface area contributed by atoms with Crippen LogP contribution in [0.25, 0.3) is 0 Å². The summed E-state index contributed by atoms with van der Waals surface area (Å²) in [6.07, 6.45) is 7.31. The van der Waals surface area contributed by atoms with Crippen LogP contribution in [0.1, 0.15) is 44.9 Å². The number of rotatable bonds is 2. The van der Waals surface area contributed by atoms with E-state index >= 15 is 0 Å². The van der Waals surface area contributed by atoms with Gasteiger partial charge in [-0.2, -0.15) is 0 Å². The van der Waals surface area contributed by atoms with Crippen LogP contribution in [0.2, 0.25) is 0 Å². The van der Waals surface area contributed by atoms with E-state index in [1.54, 1.807) is 4.90 Å². The molecule has 0 aromatic carbocycles. The number of likely N-dealkylation sites (tertiary alicyclic amines) is 1. The molecule has 0 bridgehead atoms. The van der Waals surface area contributed by atoms with E-state index in [0.29, 0.717) is 13.0 Å². The van der Waals surface area contributed by atoms with Crippen LogP contribution < -0.4 is 11.1 Å². The van der Waals surface area contributed by atoms with Gasteiger partial charge in [-0.15, -0.1) is 0 Å². The molecule has 1 aliphatic heterocycles. The molecular weight excluding hydrogens is 218 g/mol. The number of nitrogens with one attached hydrogen (secondary N) is 1. The SMILES string of the molecule is NC(=O)[C@@H]1CCCN1C(=O)NC1CCCCC1. The topological polar surface area (TPSA) is 75.4 Å². The monoisotopic (exact) mass is 239 g/mol. The van der Waals surface area contributed by atoms with Gasteiger partial charge in [0.2, 0.25) is 5.91 Å². The molecule has 2 aliphatic rings. The predicted octanol–water partition coefficient (Wildman–Crippen LogP) is 0.978. The second-order valence-electron chi connectivity index (χ2n) is 5.04. The Hall–Kier alpha value is -1.26. The number of carbonyl (C=O) groups excluding carboxylic acids is 2. The molecule has 5 heteroatoms. The normalized spacial score (nSPS) is 25.9. The van der Waals surface area contributed by atoms with Crippen LogP contribution in [-0.4, -0.2) is 35.5 Å². The van der Waals surface area contributed by atoms with Crippen molar-refractivity contribution in [1.82, 2.24) is 10.2 Å². The van der Waals surface area contributed by atoms with Crippen molar-refractivity contribution in [3.63, 3.8) is 0 Å². The Balaban J connectivity index is 1.88. The molecule has 96 valence electrons. The number of nitrogens with two attached hydrogens (primary N) is 1. The van der Waals surface area contributed by atoms with E-state index in [1.807, 2.05) is 0 Å². The highest BCUT2D eigenvalue weighted by Crippen LogP contribution is 2.20. The number of urea groups is 1. The molecule has 1 saturated carbocycles. The highest BCUT2D eigenvalue weighted by atomic mass is 16.2. The fourth-order valence-electron chi connectivity index (χ4n) is 2.81. The predicted molar refractivity (Wildman–Crippen MR) is 64.3 cm³/mol. The Morgan fingerprint density at radius 3 is 2.41 bits per heavy atom. The summed E-state index contributed by atoms with van der Waals surface area (Å²) >= 11 is 0. The van der Waals surface area contributed by atoms with Crippen molar-refractivity contribution in [1.29, 1.82) is 0 Å². The quantitative estimate of drug-likeness (QED) is 0.753. The Morgan fingerprint density at radius 1 is 1.06 bits per heavy atom. The van der Waals surface area contributed by atoms with Gasteiger partial charge in [0, 0.05) is 12.6 Å². The maximum absolute atomic E-state index is 12.0. The largest absolute Gasteiger partial charge is 0.368 e. The third kappa shape index (κ3) is 2.90. The molecule has 1 atom stereocenters. The molecule has 3 N–H and O–H groups in total. The summed E-state index contributed by atoms with van der Waals surface area (Å²) in [5, 5.41) is 3.02. The average Bonchev–Trinajstić information content (AvgIpc) is 2.79. The van der Waals surface area contributed by atoms with E-state index in [9.17, 15) is 9.59 Å². The lowest BCUT2D eigenvalue weighted by atomic mass is 9.96. The second-order valence-corrected chi connectivity index (χ2v) is 5.04. The maximum atomic E-state index is 12.0. The first kappa shape index (κ1) is 12.2. The van der Waals surface area contributed by atoms with E-state index in [4.69, 9.17) is 5.73 Å². The van der Waals surface area contributed by atoms with Crippen molar-refractivity contribution in [3.05, 3.63) is 0 Å². The fourth-order valence-corrected chi connectivity index (χ4v) is 2.81. The highest BCUT2D eigenvalue weighted by molar-refractivity contribution is 5.86. The molecule has 3 amide bonds. The van der Waals surface area contributed by atoms with E-state index in [0.717, 1.165) is 19.3 Å². The van der Waals surface area contributed by atoms with Crippen molar-refractivity contribution in [3.8, 4) is 0 Å². The zero-order valence-corrected chi connectivity index (χ0v) is 10.2. The second kappa shape index (κ2) is 5.38. The zero-order chi connectivity index (χ0) is 12.3. The molecule has 1 heterocycles. The third-order valence-electron chi connectivity index (χ3n) is 3.77. The van der Waals surface area contributed by atoms with Gasteiger partial charge in [0.1, 0.15) is 6.04 Å². The smallest absolute Gasteiger partial charge is 0.318 e. The lowest BCUT2D eigenvalue weighted by Crippen LogP contribution is -2.50. The van der Waals surface area contributed by atoms with Crippen molar-refractivity contribution in [2.24, 2.45) is 5.73 Å². The first-order valence-corrected chi connectivity index (χ1v) is 6.55. The first-order valence-electron chi connectivity index (χ1n) is 6.55. The summed E-state index contributed by atoms with van der Waals surface area (Å²) in [5.74, 6) is -0.388. The summed E-state index contributed by atoms with van der Waals surface area (Å²) in [6.45, 7) is 0.645. The van der Waals surface area contributed by atoms with Crippen LogP contribution >= 0.6 is 0 Å². The molecule has 0 radical (unpaired) electrons. The molecule has 17 heavy (non-hydrogen) atoms. The minimum Gasteiger partial charge on any atom is -0.368 e. The molecule has 0 aromatic heterocycles. The number of hydrogen-bond donors (Lipinski definition) is 2. The molecule has 2 fully saturated rings. The third-order valence-corrected chi connectivity index (χ3v) is 3.77. The molecule has 5 nitrogen and oxygen atoms in total. The molecule has 2 rings (SSSR count). The van der Waals surface area contributed by atoms with Gasteiger partial charge in [-0.05, 0) is 25.7 Å². The van der Waals surface area contributed by atoms with Crippen LogP contribution in [0.5, 0.6) is 0 Å². The lowest BCUT2D eigenvalue weighted by molar-refractivity contribution is -0.121. The van der Waals surface area contributed by atoms with E-state index < -0.39 is 6.04 Å². The molecule has 1 saturated heterocycles. The van der Waals surface area contributed by atoms with Crippen LogP contribution in [0, 0.1) is 0 Å². The number of nitrogens with zero attached hydrogens (tertiary/aromatic N) is 1. The number of carbonyl (C=O) groups is 2. The molecular formula is C12H21N3O2. The van der Waals surface area contributed by atoms with Gasteiger partial charge >= 0.3 is 6.03 Å². The van der Waals surface area contributed by atoms with Gasteiger partial charge in [0.25, 0.3) is 0 Å². The van der Waals surface area contributed by atoms with Crippen LogP contribution in [0.4, 0.5) is 4.79 Å². The van der Waals surface area contributed by atoms with Gasteiger partial charge < -0.3 is 16.0 Å². The Labute approximate surface area is 102 Å². The van der Waals surface area contributed by atoms with Gasteiger partial charge in [0.05, 0.1) is 0 Å². The molecule has 1 aliphatic carbocycles. The van der Waals surface area contributed by atoms with Crippen LogP contribution in [0.15, 0.2) is 0 Å². The zero-order valence-electron chi connectivity index (χ0n) is 10.2. The van der Waals surface area contributed by atoms with E-state index in [2.05, 4.69) is 5.32 Å². The van der Waals surface area contributed by atoms with Crippen molar-refractivity contribution < 1.29 is 9.59 Å². The van der Waals surface area contributed by atoms with Crippen LogP contribution in [0.3, 0.4) is 0 Å².